The second-order valence-electron chi connectivity index (χ2n) is 4.95. The Kier molecular flexibility index (Phi) is 6.00. The summed E-state index contributed by atoms with van der Waals surface area (Å²) in [4.78, 5) is 18.2. The van der Waals surface area contributed by atoms with E-state index in [1.165, 1.54) is 24.5 Å². The minimum atomic E-state index is -0.891. The van der Waals surface area contributed by atoms with Gasteiger partial charge in [0.25, 0.3) is 0 Å². The predicted octanol–water partition coefficient (Wildman–Crippen LogP) is 2.57. The number of methoxy groups -OCH3 is 1. The number of thiazole rings is 1. The van der Waals surface area contributed by atoms with Gasteiger partial charge < -0.3 is 10.5 Å². The molecule has 0 aliphatic carbocycles. The summed E-state index contributed by atoms with van der Waals surface area (Å²) in [5.41, 5.74) is 6.23. The maximum absolute atomic E-state index is 13.3. The van der Waals surface area contributed by atoms with Crippen molar-refractivity contribution in [3.05, 3.63) is 46.5 Å². The summed E-state index contributed by atoms with van der Waals surface area (Å²) in [6, 6.07) is 3.76. The summed E-state index contributed by atoms with van der Waals surface area (Å²) in [6.45, 7) is 1.29. The minimum absolute atomic E-state index is 0.203. The Balaban J connectivity index is 2.07. The van der Waals surface area contributed by atoms with Crippen LogP contribution in [-0.2, 0) is 22.6 Å². The summed E-state index contributed by atoms with van der Waals surface area (Å²) in [7, 11) is 1.33. The third kappa shape index (κ3) is 5.26. The van der Waals surface area contributed by atoms with Crippen LogP contribution in [0.15, 0.2) is 24.4 Å². The number of hydrogen-bond donors (Lipinski definition) is 1. The normalized spacial score (nSPS) is 11.0. The number of esters is 1. The number of rotatable bonds is 7. The molecule has 0 bridgehead atoms. The molecule has 23 heavy (non-hydrogen) atoms. The average molecular weight is 341 g/mol. The average Bonchev–Trinajstić information content (AvgIpc) is 2.93. The van der Waals surface area contributed by atoms with E-state index in [9.17, 15) is 13.6 Å². The highest BCUT2D eigenvalue weighted by atomic mass is 32.1. The van der Waals surface area contributed by atoms with E-state index in [-0.39, 0.29) is 12.4 Å². The molecule has 1 heterocycles. The van der Waals surface area contributed by atoms with E-state index < -0.39 is 11.6 Å². The molecule has 1 aromatic heterocycles. The lowest BCUT2D eigenvalue weighted by Crippen LogP contribution is -2.25. The van der Waals surface area contributed by atoms with Gasteiger partial charge in [0.1, 0.15) is 0 Å². The van der Waals surface area contributed by atoms with Gasteiger partial charge in [0.2, 0.25) is 0 Å². The Morgan fingerprint density at radius 2 is 2.13 bits per heavy atom. The third-order valence-electron chi connectivity index (χ3n) is 3.20. The molecule has 0 spiro atoms. The van der Waals surface area contributed by atoms with Gasteiger partial charge in [-0.2, -0.15) is 0 Å². The van der Waals surface area contributed by atoms with Crippen molar-refractivity contribution in [2.45, 2.75) is 19.5 Å². The van der Waals surface area contributed by atoms with Crippen molar-refractivity contribution < 1.29 is 18.3 Å². The van der Waals surface area contributed by atoms with Gasteiger partial charge in [0.05, 0.1) is 13.5 Å². The van der Waals surface area contributed by atoms with Gasteiger partial charge >= 0.3 is 5.97 Å². The monoisotopic (exact) mass is 341 g/mol. The minimum Gasteiger partial charge on any atom is -0.469 e. The highest BCUT2D eigenvalue weighted by Gasteiger charge is 2.13. The van der Waals surface area contributed by atoms with Crippen LogP contribution in [-0.4, -0.2) is 29.5 Å². The maximum atomic E-state index is 13.3. The second-order valence-corrected chi connectivity index (χ2v) is 6.10. The molecule has 2 rings (SSSR count). The molecule has 0 radical (unpaired) electrons. The molecule has 124 valence electrons. The van der Waals surface area contributed by atoms with E-state index in [1.807, 2.05) is 4.90 Å². The maximum Gasteiger partial charge on any atom is 0.306 e. The fourth-order valence-corrected chi connectivity index (χ4v) is 2.80. The molecule has 0 fully saturated rings. The Morgan fingerprint density at radius 3 is 2.74 bits per heavy atom. The first-order valence-corrected chi connectivity index (χ1v) is 7.73. The van der Waals surface area contributed by atoms with Crippen molar-refractivity contribution >= 4 is 22.4 Å². The van der Waals surface area contributed by atoms with Gasteiger partial charge in [-0.1, -0.05) is 6.07 Å². The molecule has 0 aliphatic heterocycles. The highest BCUT2D eigenvalue weighted by molar-refractivity contribution is 7.15. The summed E-state index contributed by atoms with van der Waals surface area (Å²) in [5, 5.41) is 0.459. The van der Waals surface area contributed by atoms with Gasteiger partial charge in [0.15, 0.2) is 16.8 Å². The number of halogens is 2. The quantitative estimate of drug-likeness (QED) is 0.784. The van der Waals surface area contributed by atoms with Crippen molar-refractivity contribution in [2.75, 3.05) is 19.4 Å². The zero-order chi connectivity index (χ0) is 16.8. The number of nitrogens with zero attached hydrogens (tertiary/aromatic N) is 2. The van der Waals surface area contributed by atoms with Crippen molar-refractivity contribution in [1.29, 1.82) is 0 Å². The number of nitrogen functional groups attached to an aromatic ring is 1. The fraction of sp³-hybridized carbons (Fsp3) is 0.333. The van der Waals surface area contributed by atoms with Crippen molar-refractivity contribution in [3.8, 4) is 0 Å². The van der Waals surface area contributed by atoms with Crippen molar-refractivity contribution in [1.82, 2.24) is 9.88 Å². The number of ether oxygens (including phenoxy) is 1. The lowest BCUT2D eigenvalue weighted by Gasteiger charge is -2.21. The number of aromatic nitrogens is 1. The first-order chi connectivity index (χ1) is 11.0. The van der Waals surface area contributed by atoms with Crippen molar-refractivity contribution in [3.63, 3.8) is 0 Å². The molecule has 0 amide bonds. The number of anilines is 1. The van der Waals surface area contributed by atoms with Crippen LogP contribution >= 0.6 is 11.3 Å². The lowest BCUT2D eigenvalue weighted by atomic mass is 10.2. The molecule has 2 aromatic rings. The van der Waals surface area contributed by atoms with Crippen LogP contribution in [0.3, 0.4) is 0 Å². The molecule has 2 N–H and O–H groups in total. The molecule has 5 nitrogen and oxygen atoms in total. The predicted molar refractivity (Wildman–Crippen MR) is 83.6 cm³/mol. The van der Waals surface area contributed by atoms with Crippen LogP contribution in [0.25, 0.3) is 0 Å². The molecule has 0 saturated heterocycles. The standard InChI is InChI=1S/C15H17F2N3O2S/c1-22-14(21)4-5-20(9-11-7-19-15(18)23-11)8-10-2-3-12(16)13(17)6-10/h2-3,6-7H,4-5,8-9H2,1H3,(H2,18,19). The summed E-state index contributed by atoms with van der Waals surface area (Å²) in [6.07, 6.45) is 1.87. The van der Waals surface area contributed by atoms with E-state index in [1.54, 1.807) is 6.20 Å². The van der Waals surface area contributed by atoms with E-state index in [4.69, 9.17) is 5.73 Å². The Morgan fingerprint density at radius 1 is 1.35 bits per heavy atom. The molecule has 0 unspecified atom stereocenters. The van der Waals surface area contributed by atoms with Gasteiger partial charge in [-0.3, -0.25) is 9.69 Å². The van der Waals surface area contributed by atoms with E-state index in [2.05, 4.69) is 9.72 Å². The number of hydrogen-bond acceptors (Lipinski definition) is 6. The SMILES string of the molecule is COC(=O)CCN(Cc1ccc(F)c(F)c1)Cc1cnc(N)s1. The molecule has 8 heteroatoms. The van der Waals surface area contributed by atoms with Crippen LogP contribution in [0.4, 0.5) is 13.9 Å². The van der Waals surface area contributed by atoms with Gasteiger partial charge in [-0.05, 0) is 17.7 Å². The third-order valence-corrected chi connectivity index (χ3v) is 4.01. The Hall–Kier alpha value is -2.06. The number of carbonyl (C=O) groups excluding carboxylic acids is 1. The smallest absolute Gasteiger partial charge is 0.306 e. The largest absolute Gasteiger partial charge is 0.469 e. The molecular formula is C15H17F2N3O2S. The zero-order valence-electron chi connectivity index (χ0n) is 12.6. The van der Waals surface area contributed by atoms with Gasteiger partial charge in [-0.25, -0.2) is 13.8 Å². The Labute approximate surface area is 136 Å². The van der Waals surface area contributed by atoms with Crippen LogP contribution in [0, 0.1) is 11.6 Å². The highest BCUT2D eigenvalue weighted by Crippen LogP contribution is 2.19. The van der Waals surface area contributed by atoms with E-state index in [0.29, 0.717) is 30.3 Å². The summed E-state index contributed by atoms with van der Waals surface area (Å²) in [5.74, 6) is -2.10. The topological polar surface area (TPSA) is 68.5 Å². The second kappa shape index (κ2) is 7.98. The van der Waals surface area contributed by atoms with E-state index >= 15 is 0 Å². The fourth-order valence-electron chi connectivity index (χ4n) is 2.08. The zero-order valence-corrected chi connectivity index (χ0v) is 13.4. The summed E-state index contributed by atoms with van der Waals surface area (Å²) >= 11 is 1.35. The first-order valence-electron chi connectivity index (χ1n) is 6.91. The van der Waals surface area contributed by atoms with Gasteiger partial charge in [0, 0.05) is 30.7 Å². The molecule has 0 aliphatic rings. The van der Waals surface area contributed by atoms with Crippen molar-refractivity contribution in [2.24, 2.45) is 0 Å². The molecule has 1 aromatic carbocycles. The van der Waals surface area contributed by atoms with Crippen LogP contribution in [0.1, 0.15) is 16.9 Å². The van der Waals surface area contributed by atoms with E-state index in [0.717, 1.165) is 17.0 Å². The number of benzene rings is 1. The number of carbonyl (C=O) groups is 1. The Bertz CT molecular complexity index is 678. The van der Waals surface area contributed by atoms with Crippen LogP contribution < -0.4 is 5.73 Å². The first kappa shape index (κ1) is 17.3. The molecular weight excluding hydrogens is 324 g/mol. The number of nitrogens with two attached hydrogens (primary N) is 1. The van der Waals surface area contributed by atoms with Crippen LogP contribution in [0.2, 0.25) is 0 Å². The lowest BCUT2D eigenvalue weighted by molar-refractivity contribution is -0.141. The van der Waals surface area contributed by atoms with Crippen LogP contribution in [0.5, 0.6) is 0 Å². The molecule has 0 atom stereocenters. The molecule has 0 saturated carbocycles. The summed E-state index contributed by atoms with van der Waals surface area (Å²) < 4.78 is 31.0. The van der Waals surface area contributed by atoms with Gasteiger partial charge in [-0.15, -0.1) is 11.3 Å².